The normalized spacial score (nSPS) is 15.8. The van der Waals surface area contributed by atoms with Gasteiger partial charge in [0.2, 0.25) is 0 Å². The van der Waals surface area contributed by atoms with Gasteiger partial charge in [-0.05, 0) is 24.1 Å². The molecular formula is C19H22FN3O. The highest BCUT2D eigenvalue weighted by Crippen LogP contribution is 2.14. The fraction of sp³-hybridized carbons (Fsp3) is 0.316. The molecule has 0 unspecified atom stereocenters. The van der Waals surface area contributed by atoms with Gasteiger partial charge in [-0.3, -0.25) is 4.90 Å². The molecular weight excluding hydrogens is 305 g/mol. The minimum atomic E-state index is -0.411. The van der Waals surface area contributed by atoms with Gasteiger partial charge in [-0.25, -0.2) is 9.18 Å². The van der Waals surface area contributed by atoms with E-state index in [2.05, 4.69) is 22.3 Å². The van der Waals surface area contributed by atoms with Gasteiger partial charge in [-0.15, -0.1) is 0 Å². The predicted octanol–water partition coefficient (Wildman–Crippen LogP) is 3.57. The van der Waals surface area contributed by atoms with Crippen LogP contribution in [-0.2, 0) is 6.54 Å². The van der Waals surface area contributed by atoms with Gasteiger partial charge in [0.1, 0.15) is 5.82 Å². The van der Waals surface area contributed by atoms with E-state index in [1.807, 2.05) is 18.2 Å². The van der Waals surface area contributed by atoms with Crippen LogP contribution in [-0.4, -0.2) is 42.0 Å². The number of hydrogen-bond acceptors (Lipinski definition) is 2. The minimum Gasteiger partial charge on any atom is -0.323 e. The van der Waals surface area contributed by atoms with E-state index in [1.165, 1.54) is 11.6 Å². The molecule has 0 bridgehead atoms. The molecule has 1 aliphatic rings. The number of anilines is 1. The van der Waals surface area contributed by atoms with Crippen molar-refractivity contribution < 1.29 is 9.18 Å². The summed E-state index contributed by atoms with van der Waals surface area (Å²) in [6.07, 6.45) is 0.914. The van der Waals surface area contributed by atoms with Crippen LogP contribution in [0.2, 0.25) is 0 Å². The van der Waals surface area contributed by atoms with E-state index in [9.17, 15) is 9.18 Å². The van der Waals surface area contributed by atoms with E-state index in [4.69, 9.17) is 0 Å². The highest BCUT2D eigenvalue weighted by atomic mass is 19.1. The largest absolute Gasteiger partial charge is 0.323 e. The van der Waals surface area contributed by atoms with Gasteiger partial charge in [0.15, 0.2) is 0 Å². The van der Waals surface area contributed by atoms with E-state index in [0.717, 1.165) is 26.1 Å². The topological polar surface area (TPSA) is 35.6 Å². The van der Waals surface area contributed by atoms with Crippen molar-refractivity contribution in [3.63, 3.8) is 0 Å². The second kappa shape index (κ2) is 7.93. The lowest BCUT2D eigenvalue weighted by molar-refractivity contribution is 0.211. The Kier molecular flexibility index (Phi) is 5.43. The van der Waals surface area contributed by atoms with Crippen LogP contribution >= 0.6 is 0 Å². The molecule has 0 aliphatic carbocycles. The summed E-state index contributed by atoms with van der Waals surface area (Å²) in [5.74, 6) is -0.411. The van der Waals surface area contributed by atoms with E-state index < -0.39 is 5.82 Å². The Labute approximate surface area is 141 Å². The zero-order chi connectivity index (χ0) is 16.8. The quantitative estimate of drug-likeness (QED) is 0.935. The molecule has 5 heteroatoms. The van der Waals surface area contributed by atoms with Crippen molar-refractivity contribution in [1.29, 1.82) is 0 Å². The lowest BCUT2D eigenvalue weighted by Gasteiger charge is -2.22. The monoisotopic (exact) mass is 327 g/mol. The number of nitrogens with zero attached hydrogens (tertiary/aromatic N) is 2. The van der Waals surface area contributed by atoms with Crippen molar-refractivity contribution >= 4 is 11.7 Å². The lowest BCUT2D eigenvalue weighted by atomic mass is 10.2. The first-order valence-corrected chi connectivity index (χ1v) is 8.29. The van der Waals surface area contributed by atoms with E-state index in [0.29, 0.717) is 13.1 Å². The number of nitrogens with one attached hydrogen (secondary N) is 1. The first-order valence-electron chi connectivity index (χ1n) is 8.29. The first kappa shape index (κ1) is 16.5. The third-order valence-electron chi connectivity index (χ3n) is 4.24. The number of urea groups is 1. The molecule has 2 aromatic rings. The molecule has 2 amide bonds. The van der Waals surface area contributed by atoms with Crippen molar-refractivity contribution in [2.75, 3.05) is 31.5 Å². The minimum absolute atomic E-state index is 0.230. The number of benzene rings is 2. The van der Waals surface area contributed by atoms with E-state index in [-0.39, 0.29) is 11.7 Å². The highest BCUT2D eigenvalue weighted by Gasteiger charge is 2.19. The summed E-state index contributed by atoms with van der Waals surface area (Å²) in [6.45, 7) is 4.00. The van der Waals surface area contributed by atoms with Gasteiger partial charge in [-0.1, -0.05) is 42.5 Å². The lowest BCUT2D eigenvalue weighted by Crippen LogP contribution is -2.38. The zero-order valence-corrected chi connectivity index (χ0v) is 13.6. The predicted molar refractivity (Wildman–Crippen MR) is 93.3 cm³/mol. The Morgan fingerprint density at radius 2 is 1.71 bits per heavy atom. The van der Waals surface area contributed by atoms with Crippen molar-refractivity contribution in [3.8, 4) is 0 Å². The van der Waals surface area contributed by atoms with Crippen molar-refractivity contribution in [2.45, 2.75) is 13.0 Å². The van der Waals surface area contributed by atoms with Gasteiger partial charge < -0.3 is 10.2 Å². The molecule has 0 aromatic heterocycles. The molecule has 1 aliphatic heterocycles. The van der Waals surface area contributed by atoms with Gasteiger partial charge in [0, 0.05) is 32.7 Å². The Bertz CT molecular complexity index is 677. The van der Waals surface area contributed by atoms with Crippen LogP contribution in [0.15, 0.2) is 54.6 Å². The number of halogens is 1. The van der Waals surface area contributed by atoms with Crippen LogP contribution in [0.3, 0.4) is 0 Å². The third-order valence-corrected chi connectivity index (χ3v) is 4.24. The van der Waals surface area contributed by atoms with Crippen LogP contribution in [0, 0.1) is 5.82 Å². The summed E-state index contributed by atoms with van der Waals surface area (Å²) in [5.41, 5.74) is 1.51. The molecule has 1 N–H and O–H groups in total. The zero-order valence-electron chi connectivity index (χ0n) is 13.6. The van der Waals surface area contributed by atoms with E-state index >= 15 is 0 Å². The molecule has 0 atom stereocenters. The van der Waals surface area contributed by atoms with Crippen LogP contribution in [0.4, 0.5) is 14.9 Å². The maximum absolute atomic E-state index is 13.7. The molecule has 0 radical (unpaired) electrons. The Balaban J connectivity index is 1.55. The maximum atomic E-state index is 13.7. The molecule has 4 nitrogen and oxygen atoms in total. The van der Waals surface area contributed by atoms with Crippen molar-refractivity contribution in [3.05, 3.63) is 66.0 Å². The van der Waals surface area contributed by atoms with E-state index in [1.54, 1.807) is 23.1 Å². The molecule has 2 aromatic carbocycles. The number of hydrogen-bond donors (Lipinski definition) is 1. The number of para-hydroxylation sites is 1. The second-order valence-electron chi connectivity index (χ2n) is 6.01. The second-order valence-corrected chi connectivity index (χ2v) is 6.01. The van der Waals surface area contributed by atoms with Gasteiger partial charge in [0.25, 0.3) is 0 Å². The number of carbonyl (C=O) groups excluding carboxylic acids is 1. The summed E-state index contributed by atoms with van der Waals surface area (Å²) < 4.78 is 13.7. The molecule has 0 saturated carbocycles. The highest BCUT2D eigenvalue weighted by molar-refractivity contribution is 5.89. The maximum Gasteiger partial charge on any atom is 0.321 e. The van der Waals surface area contributed by atoms with Crippen LogP contribution in [0.1, 0.15) is 12.0 Å². The molecule has 24 heavy (non-hydrogen) atoms. The fourth-order valence-corrected chi connectivity index (χ4v) is 2.93. The smallest absolute Gasteiger partial charge is 0.321 e. The van der Waals surface area contributed by atoms with Crippen LogP contribution in [0.5, 0.6) is 0 Å². The van der Waals surface area contributed by atoms with Gasteiger partial charge >= 0.3 is 6.03 Å². The third kappa shape index (κ3) is 4.32. The average molecular weight is 327 g/mol. The van der Waals surface area contributed by atoms with Gasteiger partial charge in [-0.2, -0.15) is 0 Å². The SMILES string of the molecule is O=C(Nc1ccccc1F)N1CCCN(Cc2ccccc2)CC1. The fourth-order valence-electron chi connectivity index (χ4n) is 2.93. The Hall–Kier alpha value is -2.40. The first-order chi connectivity index (χ1) is 11.7. The summed E-state index contributed by atoms with van der Waals surface area (Å²) in [7, 11) is 0. The Morgan fingerprint density at radius 1 is 0.958 bits per heavy atom. The molecule has 126 valence electrons. The molecule has 1 saturated heterocycles. The average Bonchev–Trinajstić information content (AvgIpc) is 2.83. The standard InChI is InChI=1S/C19H22FN3O/c20-17-9-4-5-10-18(17)21-19(24)23-12-6-11-22(13-14-23)15-16-7-2-1-3-8-16/h1-5,7-10H,6,11-15H2,(H,21,24). The molecule has 3 rings (SSSR count). The number of amides is 2. The van der Waals surface area contributed by atoms with Crippen LogP contribution < -0.4 is 5.32 Å². The van der Waals surface area contributed by atoms with Crippen LogP contribution in [0.25, 0.3) is 0 Å². The summed E-state index contributed by atoms with van der Waals surface area (Å²) in [6, 6.07) is 16.3. The van der Waals surface area contributed by atoms with Crippen molar-refractivity contribution in [1.82, 2.24) is 9.80 Å². The number of rotatable bonds is 3. The molecule has 1 fully saturated rings. The Morgan fingerprint density at radius 3 is 2.50 bits per heavy atom. The van der Waals surface area contributed by atoms with Crippen molar-refractivity contribution in [2.24, 2.45) is 0 Å². The van der Waals surface area contributed by atoms with Gasteiger partial charge in [0.05, 0.1) is 5.69 Å². The molecule has 1 heterocycles. The summed E-state index contributed by atoms with van der Waals surface area (Å²) in [4.78, 5) is 16.5. The number of carbonyl (C=O) groups is 1. The molecule has 0 spiro atoms. The summed E-state index contributed by atoms with van der Waals surface area (Å²) in [5, 5.41) is 2.67. The summed E-state index contributed by atoms with van der Waals surface area (Å²) >= 11 is 0.